The van der Waals surface area contributed by atoms with Crippen LogP contribution in [0.25, 0.3) is 0 Å². The SMILES string of the molecule is CCC1(CNCC(C)C(N)=NO)CCCC1. The lowest BCUT2D eigenvalue weighted by molar-refractivity contribution is 0.266. The third-order valence-electron chi connectivity index (χ3n) is 3.99. The van der Waals surface area contributed by atoms with Crippen molar-refractivity contribution in [3.63, 3.8) is 0 Å². The minimum Gasteiger partial charge on any atom is -0.409 e. The Bertz CT molecular complexity index is 234. The van der Waals surface area contributed by atoms with E-state index in [0.29, 0.717) is 11.3 Å². The molecule has 1 unspecified atom stereocenters. The first-order valence-electron chi connectivity index (χ1n) is 6.31. The average molecular weight is 227 g/mol. The molecule has 4 N–H and O–H groups in total. The highest BCUT2D eigenvalue weighted by Crippen LogP contribution is 2.40. The lowest BCUT2D eigenvalue weighted by Gasteiger charge is -2.28. The maximum Gasteiger partial charge on any atom is 0.143 e. The van der Waals surface area contributed by atoms with Gasteiger partial charge >= 0.3 is 0 Å². The van der Waals surface area contributed by atoms with E-state index in [4.69, 9.17) is 10.9 Å². The molecular weight excluding hydrogens is 202 g/mol. The largest absolute Gasteiger partial charge is 0.409 e. The van der Waals surface area contributed by atoms with Crippen LogP contribution in [0.2, 0.25) is 0 Å². The third kappa shape index (κ3) is 3.37. The molecule has 16 heavy (non-hydrogen) atoms. The van der Waals surface area contributed by atoms with Gasteiger partial charge < -0.3 is 16.3 Å². The van der Waals surface area contributed by atoms with Gasteiger partial charge in [-0.3, -0.25) is 0 Å². The summed E-state index contributed by atoms with van der Waals surface area (Å²) >= 11 is 0. The summed E-state index contributed by atoms with van der Waals surface area (Å²) in [6.07, 6.45) is 6.66. The van der Waals surface area contributed by atoms with Gasteiger partial charge in [0.05, 0.1) is 0 Å². The molecule has 0 radical (unpaired) electrons. The standard InChI is InChI=1S/C12H25N3O/c1-3-12(6-4-5-7-12)9-14-8-10(2)11(13)15-16/h10,14,16H,3-9H2,1-2H3,(H2,13,15). The maximum atomic E-state index is 8.55. The molecule has 0 amide bonds. The number of oxime groups is 1. The van der Waals surface area contributed by atoms with Crippen LogP contribution >= 0.6 is 0 Å². The first-order chi connectivity index (χ1) is 7.63. The number of nitrogens with zero attached hydrogens (tertiary/aromatic N) is 1. The molecule has 1 saturated carbocycles. The highest BCUT2D eigenvalue weighted by atomic mass is 16.4. The Kier molecular flexibility index (Phi) is 5.06. The van der Waals surface area contributed by atoms with Crippen LogP contribution in [0.4, 0.5) is 0 Å². The van der Waals surface area contributed by atoms with Crippen molar-refractivity contribution in [3.05, 3.63) is 0 Å². The average Bonchev–Trinajstić information content (AvgIpc) is 2.77. The lowest BCUT2D eigenvalue weighted by Crippen LogP contribution is -2.37. The summed E-state index contributed by atoms with van der Waals surface area (Å²) in [5, 5.41) is 15.0. The van der Waals surface area contributed by atoms with Gasteiger partial charge in [-0.25, -0.2) is 0 Å². The summed E-state index contributed by atoms with van der Waals surface area (Å²) in [6, 6.07) is 0. The smallest absolute Gasteiger partial charge is 0.143 e. The van der Waals surface area contributed by atoms with Gasteiger partial charge in [0.15, 0.2) is 0 Å². The fraction of sp³-hybridized carbons (Fsp3) is 0.917. The zero-order valence-corrected chi connectivity index (χ0v) is 10.5. The molecule has 1 aliphatic rings. The third-order valence-corrected chi connectivity index (χ3v) is 3.99. The predicted molar refractivity (Wildman–Crippen MR) is 66.6 cm³/mol. The van der Waals surface area contributed by atoms with Crippen LogP contribution in [0.1, 0.15) is 46.0 Å². The molecule has 0 aliphatic heterocycles. The summed E-state index contributed by atoms with van der Waals surface area (Å²) in [5.74, 6) is 0.407. The first-order valence-corrected chi connectivity index (χ1v) is 6.31. The molecule has 1 atom stereocenters. The molecular formula is C12H25N3O. The Labute approximate surface area is 98.3 Å². The molecule has 1 aliphatic carbocycles. The second-order valence-corrected chi connectivity index (χ2v) is 5.12. The van der Waals surface area contributed by atoms with Gasteiger partial charge in [0.2, 0.25) is 0 Å². The Morgan fingerprint density at radius 3 is 2.62 bits per heavy atom. The monoisotopic (exact) mass is 227 g/mol. The second kappa shape index (κ2) is 6.09. The Morgan fingerprint density at radius 2 is 2.12 bits per heavy atom. The van der Waals surface area contributed by atoms with E-state index in [-0.39, 0.29) is 5.92 Å². The molecule has 1 rings (SSSR count). The zero-order chi connectivity index (χ0) is 12.0. The van der Waals surface area contributed by atoms with Crippen molar-refractivity contribution in [3.8, 4) is 0 Å². The van der Waals surface area contributed by atoms with Crippen LogP contribution < -0.4 is 11.1 Å². The van der Waals surface area contributed by atoms with Crippen molar-refractivity contribution in [1.29, 1.82) is 0 Å². The van der Waals surface area contributed by atoms with E-state index < -0.39 is 0 Å². The molecule has 0 aromatic heterocycles. The number of hydrogen-bond donors (Lipinski definition) is 3. The number of amidine groups is 1. The fourth-order valence-electron chi connectivity index (χ4n) is 2.54. The zero-order valence-electron chi connectivity index (χ0n) is 10.5. The first kappa shape index (κ1) is 13.3. The van der Waals surface area contributed by atoms with Crippen molar-refractivity contribution >= 4 is 5.84 Å². The van der Waals surface area contributed by atoms with Gasteiger partial charge in [0.25, 0.3) is 0 Å². The van der Waals surface area contributed by atoms with E-state index in [2.05, 4.69) is 17.4 Å². The topological polar surface area (TPSA) is 70.6 Å². The Hall–Kier alpha value is -0.770. The normalized spacial score (nSPS) is 22.2. The van der Waals surface area contributed by atoms with E-state index in [1.165, 1.54) is 32.1 Å². The van der Waals surface area contributed by atoms with Gasteiger partial charge in [0.1, 0.15) is 5.84 Å². The van der Waals surface area contributed by atoms with Crippen molar-refractivity contribution in [2.45, 2.75) is 46.0 Å². The molecule has 0 spiro atoms. The molecule has 4 nitrogen and oxygen atoms in total. The fourth-order valence-corrected chi connectivity index (χ4v) is 2.54. The molecule has 0 saturated heterocycles. The molecule has 94 valence electrons. The summed E-state index contributed by atoms with van der Waals surface area (Å²) in [4.78, 5) is 0. The van der Waals surface area contributed by atoms with Crippen LogP contribution in [-0.2, 0) is 0 Å². The van der Waals surface area contributed by atoms with Gasteiger partial charge in [0, 0.05) is 19.0 Å². The van der Waals surface area contributed by atoms with Gasteiger partial charge in [-0.2, -0.15) is 0 Å². The van der Waals surface area contributed by atoms with E-state index in [0.717, 1.165) is 13.1 Å². The van der Waals surface area contributed by atoms with Gasteiger partial charge in [-0.15, -0.1) is 0 Å². The van der Waals surface area contributed by atoms with Gasteiger partial charge in [-0.05, 0) is 24.7 Å². The van der Waals surface area contributed by atoms with Crippen LogP contribution in [0.5, 0.6) is 0 Å². The second-order valence-electron chi connectivity index (χ2n) is 5.12. The van der Waals surface area contributed by atoms with Crippen LogP contribution in [0, 0.1) is 11.3 Å². The van der Waals surface area contributed by atoms with Crippen molar-refractivity contribution in [1.82, 2.24) is 5.32 Å². The number of nitrogens with two attached hydrogens (primary N) is 1. The predicted octanol–water partition coefficient (Wildman–Crippen LogP) is 1.93. The van der Waals surface area contributed by atoms with Crippen LogP contribution in [0.15, 0.2) is 5.16 Å². The molecule has 0 aromatic carbocycles. The molecule has 0 bridgehead atoms. The highest BCUT2D eigenvalue weighted by Gasteiger charge is 2.31. The number of rotatable bonds is 6. The molecule has 4 heteroatoms. The summed E-state index contributed by atoms with van der Waals surface area (Å²) < 4.78 is 0. The quantitative estimate of drug-likeness (QED) is 0.281. The Balaban J connectivity index is 2.29. The molecule has 0 heterocycles. The van der Waals surface area contributed by atoms with E-state index >= 15 is 0 Å². The molecule has 0 aromatic rings. The lowest BCUT2D eigenvalue weighted by atomic mass is 9.83. The maximum absolute atomic E-state index is 8.55. The Morgan fingerprint density at radius 1 is 1.50 bits per heavy atom. The van der Waals surface area contributed by atoms with E-state index in [1.54, 1.807) is 0 Å². The van der Waals surface area contributed by atoms with Crippen LogP contribution in [-0.4, -0.2) is 24.1 Å². The van der Waals surface area contributed by atoms with Gasteiger partial charge in [-0.1, -0.05) is 31.8 Å². The summed E-state index contributed by atoms with van der Waals surface area (Å²) in [7, 11) is 0. The van der Waals surface area contributed by atoms with Crippen molar-refractivity contribution in [2.75, 3.05) is 13.1 Å². The van der Waals surface area contributed by atoms with Crippen molar-refractivity contribution < 1.29 is 5.21 Å². The van der Waals surface area contributed by atoms with Crippen LogP contribution in [0.3, 0.4) is 0 Å². The van der Waals surface area contributed by atoms with E-state index in [9.17, 15) is 0 Å². The molecule has 1 fully saturated rings. The minimum absolute atomic E-state index is 0.0975. The van der Waals surface area contributed by atoms with Crippen molar-refractivity contribution in [2.24, 2.45) is 22.2 Å². The minimum atomic E-state index is 0.0975. The summed E-state index contributed by atoms with van der Waals surface area (Å²) in [5.41, 5.74) is 6.04. The highest BCUT2D eigenvalue weighted by molar-refractivity contribution is 5.82. The number of nitrogens with one attached hydrogen (secondary N) is 1. The number of hydrogen-bond acceptors (Lipinski definition) is 3. The summed E-state index contributed by atoms with van der Waals surface area (Å²) in [6.45, 7) is 6.10. The van der Waals surface area contributed by atoms with E-state index in [1.807, 2.05) is 6.92 Å².